The van der Waals surface area contributed by atoms with Crippen LogP contribution in [0.4, 0.5) is 5.69 Å². The summed E-state index contributed by atoms with van der Waals surface area (Å²) in [5, 5.41) is 12.6. The van der Waals surface area contributed by atoms with E-state index in [4.69, 9.17) is 9.47 Å². The third kappa shape index (κ3) is 4.00. The number of benzene rings is 2. The monoisotopic (exact) mass is 365 g/mol. The van der Waals surface area contributed by atoms with E-state index in [-0.39, 0.29) is 29.6 Å². The molecule has 0 unspecified atom stereocenters. The molecule has 3 rings (SSSR count). The van der Waals surface area contributed by atoms with Gasteiger partial charge in [-0.25, -0.2) is 4.79 Å². The van der Waals surface area contributed by atoms with Gasteiger partial charge in [0.25, 0.3) is 0 Å². The second kappa shape index (κ2) is 7.78. The zero-order valence-electron chi connectivity index (χ0n) is 15.0. The van der Waals surface area contributed by atoms with Gasteiger partial charge in [-0.15, -0.1) is 0 Å². The van der Waals surface area contributed by atoms with Gasteiger partial charge >= 0.3 is 5.97 Å². The van der Waals surface area contributed by atoms with Crippen LogP contribution < -0.4 is 5.32 Å². The standard InChI is InChI=1S/C21H19NO5/c1-3-26-21(25)18-19(24)17(12-14-9-10-16(23)13(2)11-14)27-20(18)22-15-7-5-4-6-8-15/h4-12,22-23H,3H2,1-2H3/b17-12-. The molecule has 2 aromatic carbocycles. The Balaban J connectivity index is 1.95. The molecule has 0 saturated heterocycles. The first kappa shape index (κ1) is 18.3. The van der Waals surface area contributed by atoms with Gasteiger partial charge in [0.05, 0.1) is 6.61 Å². The van der Waals surface area contributed by atoms with Crippen LogP contribution in [0.2, 0.25) is 0 Å². The third-order valence-electron chi connectivity index (χ3n) is 3.92. The average Bonchev–Trinajstić information content (AvgIpc) is 2.94. The van der Waals surface area contributed by atoms with Gasteiger partial charge in [0.2, 0.25) is 11.7 Å². The van der Waals surface area contributed by atoms with Crippen LogP contribution in [0.3, 0.4) is 0 Å². The molecule has 0 aromatic heterocycles. The number of para-hydroxylation sites is 1. The van der Waals surface area contributed by atoms with Crippen molar-refractivity contribution < 1.29 is 24.2 Å². The summed E-state index contributed by atoms with van der Waals surface area (Å²) in [4.78, 5) is 25.0. The smallest absolute Gasteiger partial charge is 0.347 e. The zero-order chi connectivity index (χ0) is 19.4. The van der Waals surface area contributed by atoms with E-state index >= 15 is 0 Å². The molecule has 2 aromatic rings. The number of allylic oxidation sites excluding steroid dienone is 1. The molecule has 1 aliphatic rings. The highest BCUT2D eigenvalue weighted by Gasteiger charge is 2.37. The third-order valence-corrected chi connectivity index (χ3v) is 3.92. The number of anilines is 1. The minimum Gasteiger partial charge on any atom is -0.508 e. The van der Waals surface area contributed by atoms with E-state index in [1.54, 1.807) is 38.1 Å². The SMILES string of the molecule is CCOC(=O)C1=C(Nc2ccccc2)O/C(=C\c2ccc(O)c(C)c2)C1=O. The maximum absolute atomic E-state index is 12.7. The van der Waals surface area contributed by atoms with Gasteiger partial charge < -0.3 is 19.9 Å². The molecule has 1 aliphatic heterocycles. The molecule has 6 nitrogen and oxygen atoms in total. The average molecular weight is 365 g/mol. The van der Waals surface area contributed by atoms with E-state index in [1.807, 2.05) is 18.2 Å². The van der Waals surface area contributed by atoms with Gasteiger partial charge in [-0.1, -0.05) is 24.3 Å². The number of ether oxygens (including phenoxy) is 2. The van der Waals surface area contributed by atoms with Crippen molar-refractivity contribution >= 4 is 23.5 Å². The van der Waals surface area contributed by atoms with Crippen LogP contribution in [-0.4, -0.2) is 23.5 Å². The number of Topliss-reactive ketones (excluding diaryl/α,β-unsaturated/α-hetero) is 1. The molecule has 1 heterocycles. The minimum absolute atomic E-state index is 0.00146. The van der Waals surface area contributed by atoms with Crippen LogP contribution in [0.25, 0.3) is 6.08 Å². The highest BCUT2D eigenvalue weighted by molar-refractivity contribution is 6.26. The Morgan fingerprint density at radius 3 is 2.63 bits per heavy atom. The van der Waals surface area contributed by atoms with Crippen molar-refractivity contribution in [1.29, 1.82) is 0 Å². The number of nitrogens with one attached hydrogen (secondary N) is 1. The molecule has 0 spiro atoms. The number of aryl methyl sites for hydroxylation is 1. The Kier molecular flexibility index (Phi) is 5.26. The fraction of sp³-hybridized carbons (Fsp3) is 0.143. The number of phenols is 1. The van der Waals surface area contributed by atoms with Gasteiger partial charge in [0, 0.05) is 5.69 Å². The van der Waals surface area contributed by atoms with Crippen LogP contribution in [-0.2, 0) is 19.1 Å². The first-order valence-electron chi connectivity index (χ1n) is 8.47. The van der Waals surface area contributed by atoms with Gasteiger partial charge in [-0.2, -0.15) is 0 Å². The Morgan fingerprint density at radius 1 is 1.22 bits per heavy atom. The van der Waals surface area contributed by atoms with Gasteiger partial charge in [0.1, 0.15) is 5.75 Å². The first-order valence-corrected chi connectivity index (χ1v) is 8.47. The number of aromatic hydroxyl groups is 1. The number of esters is 1. The molecule has 0 amide bonds. The van der Waals surface area contributed by atoms with Gasteiger partial charge in [-0.05, 0) is 55.3 Å². The molecule has 0 fully saturated rings. The van der Waals surface area contributed by atoms with Crippen LogP contribution >= 0.6 is 0 Å². The maximum Gasteiger partial charge on any atom is 0.347 e. The molecule has 2 N–H and O–H groups in total. The minimum atomic E-state index is -0.744. The predicted octanol–water partition coefficient (Wildman–Crippen LogP) is 3.53. The Labute approximate surface area is 156 Å². The number of phenolic OH excluding ortho intramolecular Hbond substituents is 1. The van der Waals surface area contributed by atoms with Crippen LogP contribution in [0.5, 0.6) is 5.75 Å². The lowest BCUT2D eigenvalue weighted by Gasteiger charge is -2.08. The summed E-state index contributed by atoms with van der Waals surface area (Å²) in [7, 11) is 0. The number of carbonyl (C=O) groups is 2. The number of hydrogen-bond donors (Lipinski definition) is 2. The number of ketones is 1. The largest absolute Gasteiger partial charge is 0.508 e. The molecule has 0 radical (unpaired) electrons. The molecular formula is C21H19NO5. The van der Waals surface area contributed by atoms with Crippen molar-refractivity contribution in [3.8, 4) is 5.75 Å². The number of carbonyl (C=O) groups excluding carboxylic acids is 2. The molecule has 0 atom stereocenters. The Morgan fingerprint density at radius 2 is 1.96 bits per heavy atom. The van der Waals surface area contributed by atoms with Crippen molar-refractivity contribution in [3.05, 3.63) is 76.9 Å². The summed E-state index contributed by atoms with van der Waals surface area (Å²) in [5.74, 6) is -1.11. The van der Waals surface area contributed by atoms with E-state index < -0.39 is 11.8 Å². The van der Waals surface area contributed by atoms with E-state index in [1.165, 1.54) is 12.1 Å². The van der Waals surface area contributed by atoms with Crippen molar-refractivity contribution in [2.45, 2.75) is 13.8 Å². The van der Waals surface area contributed by atoms with Gasteiger partial charge in [-0.3, -0.25) is 4.79 Å². The number of hydrogen-bond acceptors (Lipinski definition) is 6. The Bertz CT molecular complexity index is 944. The van der Waals surface area contributed by atoms with Crippen LogP contribution in [0.1, 0.15) is 18.1 Å². The van der Waals surface area contributed by atoms with Crippen molar-refractivity contribution in [1.82, 2.24) is 0 Å². The molecule has 138 valence electrons. The number of rotatable bonds is 5. The molecule has 27 heavy (non-hydrogen) atoms. The quantitative estimate of drug-likeness (QED) is 0.479. The first-order chi connectivity index (χ1) is 13.0. The molecule has 0 saturated carbocycles. The van der Waals surface area contributed by atoms with Crippen molar-refractivity contribution in [2.75, 3.05) is 11.9 Å². The fourth-order valence-electron chi connectivity index (χ4n) is 2.58. The zero-order valence-corrected chi connectivity index (χ0v) is 15.0. The predicted molar refractivity (Wildman–Crippen MR) is 101 cm³/mol. The second-order valence-electron chi connectivity index (χ2n) is 5.90. The highest BCUT2D eigenvalue weighted by atomic mass is 16.5. The maximum atomic E-state index is 12.7. The summed E-state index contributed by atoms with van der Waals surface area (Å²) >= 11 is 0. The van der Waals surface area contributed by atoms with E-state index in [2.05, 4.69) is 5.32 Å². The molecule has 0 bridgehead atoms. The highest BCUT2D eigenvalue weighted by Crippen LogP contribution is 2.29. The fourth-order valence-corrected chi connectivity index (χ4v) is 2.58. The van der Waals surface area contributed by atoms with Crippen LogP contribution in [0, 0.1) is 6.92 Å². The summed E-state index contributed by atoms with van der Waals surface area (Å²) in [6, 6.07) is 14.0. The summed E-state index contributed by atoms with van der Waals surface area (Å²) < 4.78 is 10.6. The van der Waals surface area contributed by atoms with E-state index in [0.717, 1.165) is 0 Å². The lowest BCUT2D eigenvalue weighted by Crippen LogP contribution is -2.16. The van der Waals surface area contributed by atoms with Crippen molar-refractivity contribution in [2.24, 2.45) is 0 Å². The lowest BCUT2D eigenvalue weighted by molar-refractivity contribution is -0.139. The normalized spacial score (nSPS) is 15.0. The van der Waals surface area contributed by atoms with Gasteiger partial charge in [0.15, 0.2) is 11.3 Å². The van der Waals surface area contributed by atoms with Crippen LogP contribution in [0.15, 0.2) is 65.7 Å². The van der Waals surface area contributed by atoms with Crippen molar-refractivity contribution in [3.63, 3.8) is 0 Å². The Hall–Kier alpha value is -3.54. The van der Waals surface area contributed by atoms with E-state index in [9.17, 15) is 14.7 Å². The summed E-state index contributed by atoms with van der Waals surface area (Å²) in [6.07, 6.45) is 1.52. The van der Waals surface area contributed by atoms with E-state index in [0.29, 0.717) is 16.8 Å². The molecule has 0 aliphatic carbocycles. The summed E-state index contributed by atoms with van der Waals surface area (Å²) in [6.45, 7) is 3.56. The second-order valence-corrected chi connectivity index (χ2v) is 5.90. The lowest BCUT2D eigenvalue weighted by atomic mass is 10.1. The topological polar surface area (TPSA) is 84.9 Å². The molecule has 6 heteroatoms. The summed E-state index contributed by atoms with van der Waals surface area (Å²) in [5.41, 5.74) is 1.82. The molecular weight excluding hydrogens is 346 g/mol.